The van der Waals surface area contributed by atoms with E-state index in [-0.39, 0.29) is 43.8 Å². The van der Waals surface area contributed by atoms with E-state index in [2.05, 4.69) is 5.32 Å². The van der Waals surface area contributed by atoms with Gasteiger partial charge in [0, 0.05) is 42.0 Å². The Morgan fingerprint density at radius 3 is 2.15 bits per heavy atom. The molecule has 40 heavy (non-hydrogen) atoms. The number of nitrogens with zero attached hydrogens (tertiary/aromatic N) is 2. The van der Waals surface area contributed by atoms with Crippen LogP contribution in [-0.4, -0.2) is 50.0 Å². The Morgan fingerprint density at radius 2 is 1.55 bits per heavy atom. The van der Waals surface area contributed by atoms with Crippen LogP contribution in [0.15, 0.2) is 78.9 Å². The molecule has 2 amide bonds. The first-order chi connectivity index (χ1) is 18.9. The van der Waals surface area contributed by atoms with E-state index in [0.717, 1.165) is 17.4 Å². The highest BCUT2D eigenvalue weighted by Crippen LogP contribution is 2.23. The molecule has 1 N–H and O–H groups in total. The molecule has 3 aromatic carbocycles. The second-order valence-electron chi connectivity index (χ2n) is 9.94. The Bertz CT molecular complexity index is 1380. The maximum absolute atomic E-state index is 13.8. The lowest BCUT2D eigenvalue weighted by atomic mass is 10.0. The van der Waals surface area contributed by atoms with Gasteiger partial charge in [0.25, 0.3) is 0 Å². The maximum Gasteiger partial charge on any atom is 0.243 e. The topological polar surface area (TPSA) is 86.8 Å². The van der Waals surface area contributed by atoms with Crippen LogP contribution in [0.25, 0.3) is 0 Å². The molecule has 214 valence electrons. The average molecular weight is 605 g/mol. The van der Waals surface area contributed by atoms with Crippen molar-refractivity contribution in [3.05, 3.63) is 100 Å². The Balaban J connectivity index is 1.87. The molecular formula is C30H35Cl2N3O4S. The minimum atomic E-state index is -3.62. The van der Waals surface area contributed by atoms with Crippen LogP contribution in [0.3, 0.4) is 0 Å². The minimum absolute atomic E-state index is 0.0421. The van der Waals surface area contributed by atoms with Crippen molar-refractivity contribution in [1.82, 2.24) is 10.2 Å². The van der Waals surface area contributed by atoms with Gasteiger partial charge in [-0.3, -0.25) is 13.9 Å². The highest BCUT2D eigenvalue weighted by atomic mass is 35.5. The van der Waals surface area contributed by atoms with Crippen LogP contribution >= 0.6 is 23.2 Å². The van der Waals surface area contributed by atoms with Crippen molar-refractivity contribution < 1.29 is 18.0 Å². The fourth-order valence-corrected chi connectivity index (χ4v) is 5.62. The molecule has 1 atom stereocenters. The SMILES string of the molecule is CC(C)NC(=O)[C@H](Cc1ccccc1)N(Cc1ccc(Cl)cc1)C(=O)CCCN(c1cccc(Cl)c1)S(C)(=O)=O. The molecule has 3 aromatic rings. The van der Waals surface area contributed by atoms with Crippen molar-refractivity contribution in [2.24, 2.45) is 0 Å². The molecule has 0 aliphatic rings. The summed E-state index contributed by atoms with van der Waals surface area (Å²) in [6, 6.07) is 22.4. The van der Waals surface area contributed by atoms with Gasteiger partial charge >= 0.3 is 0 Å². The summed E-state index contributed by atoms with van der Waals surface area (Å²) >= 11 is 12.2. The van der Waals surface area contributed by atoms with Crippen LogP contribution in [0, 0.1) is 0 Å². The zero-order valence-corrected chi connectivity index (χ0v) is 25.2. The van der Waals surface area contributed by atoms with Gasteiger partial charge in [0.1, 0.15) is 6.04 Å². The number of hydrogen-bond donors (Lipinski definition) is 1. The molecule has 0 aliphatic carbocycles. The van der Waals surface area contributed by atoms with E-state index in [1.807, 2.05) is 56.3 Å². The fraction of sp³-hybridized carbons (Fsp3) is 0.333. The summed E-state index contributed by atoms with van der Waals surface area (Å²) in [4.78, 5) is 28.8. The van der Waals surface area contributed by atoms with E-state index >= 15 is 0 Å². The van der Waals surface area contributed by atoms with Gasteiger partial charge in [-0.25, -0.2) is 8.42 Å². The number of hydrogen-bond acceptors (Lipinski definition) is 4. The lowest BCUT2D eigenvalue weighted by Crippen LogP contribution is -2.51. The Kier molecular flexibility index (Phi) is 11.4. The third-order valence-electron chi connectivity index (χ3n) is 6.22. The van der Waals surface area contributed by atoms with Gasteiger partial charge in [0.05, 0.1) is 11.9 Å². The lowest BCUT2D eigenvalue weighted by Gasteiger charge is -2.32. The first-order valence-electron chi connectivity index (χ1n) is 13.1. The summed E-state index contributed by atoms with van der Waals surface area (Å²) in [7, 11) is -3.62. The third kappa shape index (κ3) is 9.54. The smallest absolute Gasteiger partial charge is 0.243 e. The van der Waals surface area contributed by atoms with Crippen LogP contribution in [0.1, 0.15) is 37.8 Å². The summed E-state index contributed by atoms with van der Waals surface area (Å²) in [5.41, 5.74) is 2.17. The number of rotatable bonds is 13. The fourth-order valence-electron chi connectivity index (χ4n) is 4.36. The van der Waals surface area contributed by atoms with E-state index in [1.54, 1.807) is 41.3 Å². The largest absolute Gasteiger partial charge is 0.352 e. The molecule has 0 unspecified atom stereocenters. The van der Waals surface area contributed by atoms with Gasteiger partial charge in [-0.15, -0.1) is 0 Å². The number of anilines is 1. The van der Waals surface area contributed by atoms with Crippen molar-refractivity contribution in [2.75, 3.05) is 17.1 Å². The highest BCUT2D eigenvalue weighted by Gasteiger charge is 2.31. The van der Waals surface area contributed by atoms with Gasteiger partial charge in [0.2, 0.25) is 21.8 Å². The molecule has 0 spiro atoms. The number of halogens is 2. The second kappa shape index (κ2) is 14.5. The molecule has 7 nitrogen and oxygen atoms in total. The molecule has 0 saturated heterocycles. The third-order valence-corrected chi connectivity index (χ3v) is 7.90. The molecule has 0 fully saturated rings. The Hall–Kier alpha value is -3.07. The summed E-state index contributed by atoms with van der Waals surface area (Å²) in [6.45, 7) is 4.03. The number of nitrogens with one attached hydrogen (secondary N) is 1. The predicted octanol–water partition coefficient (Wildman–Crippen LogP) is 5.70. The van der Waals surface area contributed by atoms with Crippen molar-refractivity contribution in [3.8, 4) is 0 Å². The van der Waals surface area contributed by atoms with E-state index in [9.17, 15) is 18.0 Å². The van der Waals surface area contributed by atoms with Crippen LogP contribution in [-0.2, 0) is 32.6 Å². The quantitative estimate of drug-likeness (QED) is 0.271. The maximum atomic E-state index is 13.8. The van der Waals surface area contributed by atoms with Crippen LogP contribution in [0.5, 0.6) is 0 Å². The summed E-state index contributed by atoms with van der Waals surface area (Å²) < 4.78 is 26.3. The molecule has 0 radical (unpaired) electrons. The summed E-state index contributed by atoms with van der Waals surface area (Å²) in [5, 5.41) is 3.94. The number of benzene rings is 3. The van der Waals surface area contributed by atoms with Crippen LogP contribution < -0.4 is 9.62 Å². The number of amides is 2. The van der Waals surface area contributed by atoms with Crippen LogP contribution in [0.4, 0.5) is 5.69 Å². The first-order valence-corrected chi connectivity index (χ1v) is 15.7. The summed E-state index contributed by atoms with van der Waals surface area (Å²) in [6.07, 6.45) is 1.74. The second-order valence-corrected chi connectivity index (χ2v) is 12.7. The number of carbonyl (C=O) groups excluding carboxylic acids is 2. The molecular weight excluding hydrogens is 569 g/mol. The molecule has 3 rings (SSSR count). The standard InChI is InChI=1S/C30H35Cl2N3O4S/c1-22(2)33-30(37)28(19-23-9-5-4-6-10-23)34(21-24-14-16-25(31)17-15-24)29(36)13-8-18-35(40(3,38)39)27-12-7-11-26(32)20-27/h4-7,9-12,14-17,20,22,28H,8,13,18-19,21H2,1-3H3,(H,33,37)/t28-/m0/s1. The number of sulfonamides is 1. The first kappa shape index (κ1) is 31.5. The molecule has 0 aromatic heterocycles. The van der Waals surface area contributed by atoms with Crippen molar-refractivity contribution in [1.29, 1.82) is 0 Å². The molecule has 10 heteroatoms. The predicted molar refractivity (Wildman–Crippen MR) is 162 cm³/mol. The van der Waals surface area contributed by atoms with Crippen LogP contribution in [0.2, 0.25) is 10.0 Å². The normalized spacial score (nSPS) is 12.2. The lowest BCUT2D eigenvalue weighted by molar-refractivity contribution is -0.141. The van der Waals surface area contributed by atoms with E-state index in [4.69, 9.17) is 23.2 Å². The number of carbonyl (C=O) groups is 2. The van der Waals surface area contributed by atoms with Gasteiger partial charge in [-0.2, -0.15) is 0 Å². The van der Waals surface area contributed by atoms with E-state index in [0.29, 0.717) is 22.2 Å². The average Bonchev–Trinajstić information content (AvgIpc) is 2.89. The van der Waals surface area contributed by atoms with E-state index in [1.165, 1.54) is 4.31 Å². The van der Waals surface area contributed by atoms with Gasteiger partial charge in [-0.1, -0.05) is 71.7 Å². The van der Waals surface area contributed by atoms with Crippen molar-refractivity contribution in [2.45, 2.75) is 51.7 Å². The highest BCUT2D eigenvalue weighted by molar-refractivity contribution is 7.92. The van der Waals surface area contributed by atoms with Gasteiger partial charge < -0.3 is 10.2 Å². The molecule has 0 heterocycles. The van der Waals surface area contributed by atoms with Crippen molar-refractivity contribution in [3.63, 3.8) is 0 Å². The monoisotopic (exact) mass is 603 g/mol. The molecule has 0 saturated carbocycles. The Morgan fingerprint density at radius 1 is 0.875 bits per heavy atom. The molecule has 0 bridgehead atoms. The molecule has 0 aliphatic heterocycles. The van der Waals surface area contributed by atoms with E-state index < -0.39 is 16.1 Å². The summed E-state index contributed by atoms with van der Waals surface area (Å²) in [5.74, 6) is -0.507. The Labute approximate surface area is 247 Å². The zero-order valence-electron chi connectivity index (χ0n) is 22.9. The van der Waals surface area contributed by atoms with Gasteiger partial charge in [-0.05, 0) is 61.7 Å². The van der Waals surface area contributed by atoms with Crippen molar-refractivity contribution >= 4 is 50.7 Å². The minimum Gasteiger partial charge on any atom is -0.352 e. The van der Waals surface area contributed by atoms with Gasteiger partial charge in [0.15, 0.2) is 0 Å². The zero-order chi connectivity index (χ0) is 29.3.